The van der Waals surface area contributed by atoms with Crippen molar-refractivity contribution in [1.29, 1.82) is 0 Å². The average molecular weight is 277 g/mol. The molecule has 5 heteroatoms. The van der Waals surface area contributed by atoms with Gasteiger partial charge >= 0.3 is 11.9 Å². The van der Waals surface area contributed by atoms with Gasteiger partial charge in [0, 0.05) is 13.0 Å². The number of aliphatic carboxylic acids is 1. The molecule has 0 amide bonds. The molecule has 1 fully saturated rings. The number of piperidine rings is 1. The van der Waals surface area contributed by atoms with Crippen molar-refractivity contribution in [1.82, 2.24) is 5.32 Å². The highest BCUT2D eigenvalue weighted by Crippen LogP contribution is 2.20. The number of hydrogen-bond donors (Lipinski definition) is 2. The first-order valence-electron chi connectivity index (χ1n) is 6.78. The summed E-state index contributed by atoms with van der Waals surface area (Å²) in [6.45, 7) is 1.41. The fourth-order valence-corrected chi connectivity index (χ4v) is 2.41. The number of carboxylic acids is 1. The van der Waals surface area contributed by atoms with E-state index >= 15 is 0 Å². The monoisotopic (exact) mass is 277 g/mol. The molecule has 1 aliphatic rings. The van der Waals surface area contributed by atoms with Gasteiger partial charge in [-0.2, -0.15) is 0 Å². The number of rotatable bonds is 5. The summed E-state index contributed by atoms with van der Waals surface area (Å²) in [7, 11) is 0. The summed E-state index contributed by atoms with van der Waals surface area (Å²) < 4.78 is 5.21. The summed E-state index contributed by atoms with van der Waals surface area (Å²) in [5, 5.41) is 12.0. The highest BCUT2D eigenvalue weighted by molar-refractivity contribution is 5.71. The fraction of sp³-hybridized carbons (Fsp3) is 0.467. The van der Waals surface area contributed by atoms with Gasteiger partial charge in [-0.3, -0.25) is 9.59 Å². The lowest BCUT2D eigenvalue weighted by Gasteiger charge is -2.26. The smallest absolute Gasteiger partial charge is 0.307 e. The Morgan fingerprint density at radius 2 is 2.00 bits per heavy atom. The lowest BCUT2D eigenvalue weighted by molar-refractivity contribution is -0.148. The highest BCUT2D eigenvalue weighted by Gasteiger charge is 2.28. The van der Waals surface area contributed by atoms with Crippen LogP contribution in [0.5, 0.6) is 0 Å². The van der Waals surface area contributed by atoms with Crippen LogP contribution in [0.4, 0.5) is 0 Å². The average Bonchev–Trinajstić information content (AvgIpc) is 2.46. The Bertz CT molecular complexity index is 460. The van der Waals surface area contributed by atoms with Crippen LogP contribution in [-0.2, 0) is 20.9 Å². The Morgan fingerprint density at radius 1 is 1.25 bits per heavy atom. The highest BCUT2D eigenvalue weighted by atomic mass is 16.5. The van der Waals surface area contributed by atoms with E-state index in [9.17, 15) is 9.59 Å². The van der Waals surface area contributed by atoms with E-state index in [4.69, 9.17) is 9.84 Å². The topological polar surface area (TPSA) is 75.6 Å². The largest absolute Gasteiger partial charge is 0.481 e. The predicted molar refractivity (Wildman–Crippen MR) is 73.0 cm³/mol. The van der Waals surface area contributed by atoms with Crippen LogP contribution >= 0.6 is 0 Å². The third-order valence-electron chi connectivity index (χ3n) is 3.49. The summed E-state index contributed by atoms with van der Waals surface area (Å²) >= 11 is 0. The number of carboxylic acid groups (broad SMARTS) is 1. The van der Waals surface area contributed by atoms with Crippen molar-refractivity contribution in [3.05, 3.63) is 35.9 Å². The van der Waals surface area contributed by atoms with Crippen LogP contribution in [0.3, 0.4) is 0 Å². The molecule has 0 radical (unpaired) electrons. The first-order chi connectivity index (χ1) is 9.65. The number of ether oxygens (including phenoxy) is 1. The molecule has 0 aromatic heterocycles. The molecule has 1 aromatic rings. The quantitative estimate of drug-likeness (QED) is 0.796. The van der Waals surface area contributed by atoms with Gasteiger partial charge in [-0.25, -0.2) is 0 Å². The molecule has 1 aliphatic heterocycles. The van der Waals surface area contributed by atoms with Crippen LogP contribution in [-0.4, -0.2) is 30.1 Å². The molecule has 108 valence electrons. The molecule has 0 aliphatic carbocycles. The van der Waals surface area contributed by atoms with E-state index in [1.165, 1.54) is 0 Å². The maximum atomic E-state index is 11.8. The van der Waals surface area contributed by atoms with Crippen LogP contribution < -0.4 is 5.32 Å². The van der Waals surface area contributed by atoms with Crippen LogP contribution in [0, 0.1) is 11.8 Å². The molecule has 2 unspecified atom stereocenters. The van der Waals surface area contributed by atoms with Crippen molar-refractivity contribution in [2.45, 2.75) is 19.4 Å². The molecule has 5 nitrogen and oxygen atoms in total. The van der Waals surface area contributed by atoms with Crippen molar-refractivity contribution in [3.8, 4) is 0 Å². The minimum absolute atomic E-state index is 0.0353. The zero-order valence-corrected chi connectivity index (χ0v) is 11.2. The van der Waals surface area contributed by atoms with Gasteiger partial charge in [-0.1, -0.05) is 30.3 Å². The van der Waals surface area contributed by atoms with E-state index in [2.05, 4.69) is 5.32 Å². The maximum Gasteiger partial charge on any atom is 0.307 e. The molecule has 2 atom stereocenters. The normalized spacial score (nSPS) is 22.2. The number of carbonyl (C=O) groups excluding carboxylic acids is 1. The fourth-order valence-electron chi connectivity index (χ4n) is 2.41. The molecule has 2 rings (SSSR count). The molecule has 0 spiro atoms. The Hall–Kier alpha value is -1.88. The van der Waals surface area contributed by atoms with E-state index in [0.29, 0.717) is 19.5 Å². The molecular weight excluding hydrogens is 258 g/mol. The third-order valence-corrected chi connectivity index (χ3v) is 3.49. The second-order valence-corrected chi connectivity index (χ2v) is 5.15. The van der Waals surface area contributed by atoms with Crippen LogP contribution in [0.1, 0.15) is 18.4 Å². The molecular formula is C15H19NO4. The standard InChI is InChI=1S/C15H19NO4/c17-14(20-10-11-4-2-1-3-5-11)7-12-6-13(15(18)19)9-16-8-12/h1-5,12-13,16H,6-10H2,(H,18,19). The Morgan fingerprint density at radius 3 is 2.70 bits per heavy atom. The summed E-state index contributed by atoms with van der Waals surface area (Å²) in [4.78, 5) is 22.7. The van der Waals surface area contributed by atoms with Gasteiger partial charge in [0.05, 0.1) is 5.92 Å². The van der Waals surface area contributed by atoms with Crippen molar-refractivity contribution >= 4 is 11.9 Å². The van der Waals surface area contributed by atoms with E-state index < -0.39 is 11.9 Å². The first kappa shape index (κ1) is 14.5. The Labute approximate surface area is 117 Å². The lowest BCUT2D eigenvalue weighted by atomic mass is 9.88. The minimum atomic E-state index is -0.806. The zero-order valence-electron chi connectivity index (χ0n) is 11.2. The van der Waals surface area contributed by atoms with Crippen LogP contribution in [0.2, 0.25) is 0 Å². The summed E-state index contributed by atoms with van der Waals surface area (Å²) in [5.41, 5.74) is 0.950. The summed E-state index contributed by atoms with van der Waals surface area (Å²) in [6, 6.07) is 9.49. The molecule has 2 N–H and O–H groups in total. The number of hydrogen-bond acceptors (Lipinski definition) is 4. The number of carbonyl (C=O) groups is 2. The summed E-state index contributed by atoms with van der Waals surface area (Å²) in [6.07, 6.45) is 0.798. The minimum Gasteiger partial charge on any atom is -0.481 e. The summed E-state index contributed by atoms with van der Waals surface area (Å²) in [5.74, 6) is -1.45. The van der Waals surface area contributed by atoms with Gasteiger partial charge in [0.1, 0.15) is 6.61 Å². The molecule has 0 saturated carbocycles. The van der Waals surface area contributed by atoms with Gasteiger partial charge in [0.15, 0.2) is 0 Å². The second-order valence-electron chi connectivity index (χ2n) is 5.15. The van der Waals surface area contributed by atoms with Crippen molar-refractivity contribution in [2.24, 2.45) is 11.8 Å². The zero-order chi connectivity index (χ0) is 14.4. The van der Waals surface area contributed by atoms with E-state index in [1.54, 1.807) is 0 Å². The molecule has 1 heterocycles. The SMILES string of the molecule is O=C(CC1CNCC(C(=O)O)C1)OCc1ccccc1. The predicted octanol–water partition coefficient (Wildman–Crippen LogP) is 1.43. The Balaban J connectivity index is 1.75. The van der Waals surface area contributed by atoms with Crippen LogP contribution in [0.15, 0.2) is 30.3 Å². The van der Waals surface area contributed by atoms with E-state index in [1.807, 2.05) is 30.3 Å². The third kappa shape index (κ3) is 4.35. The number of nitrogens with one attached hydrogen (secondary N) is 1. The second kappa shape index (κ2) is 7.05. The van der Waals surface area contributed by atoms with Gasteiger partial charge in [0.25, 0.3) is 0 Å². The van der Waals surface area contributed by atoms with Gasteiger partial charge < -0.3 is 15.2 Å². The van der Waals surface area contributed by atoms with Crippen LogP contribution in [0.25, 0.3) is 0 Å². The molecule has 0 bridgehead atoms. The van der Waals surface area contributed by atoms with Crippen molar-refractivity contribution in [2.75, 3.05) is 13.1 Å². The Kier molecular flexibility index (Phi) is 5.12. The first-order valence-corrected chi connectivity index (χ1v) is 6.78. The maximum absolute atomic E-state index is 11.8. The van der Waals surface area contributed by atoms with Gasteiger partial charge in [-0.05, 0) is 24.4 Å². The van der Waals surface area contributed by atoms with E-state index in [0.717, 1.165) is 5.56 Å². The van der Waals surface area contributed by atoms with Crippen molar-refractivity contribution < 1.29 is 19.4 Å². The molecule has 1 saturated heterocycles. The van der Waals surface area contributed by atoms with Gasteiger partial charge in [-0.15, -0.1) is 0 Å². The number of esters is 1. The molecule has 20 heavy (non-hydrogen) atoms. The molecule has 1 aromatic carbocycles. The van der Waals surface area contributed by atoms with Crippen molar-refractivity contribution in [3.63, 3.8) is 0 Å². The van der Waals surface area contributed by atoms with E-state index in [-0.39, 0.29) is 24.9 Å². The van der Waals surface area contributed by atoms with Gasteiger partial charge in [0.2, 0.25) is 0 Å². The number of benzene rings is 1. The lowest BCUT2D eigenvalue weighted by Crippen LogP contribution is -2.40.